The molecule has 18 heavy (non-hydrogen) atoms. The normalized spacial score (nSPS) is 17.9. The molecule has 2 unspecified atom stereocenters. The molecule has 1 aliphatic rings. The number of rotatable bonds is 4. The molecule has 0 spiro atoms. The summed E-state index contributed by atoms with van der Waals surface area (Å²) in [7, 11) is 0. The average Bonchev–Trinajstić information content (AvgIpc) is 2.60. The first-order valence-electron chi connectivity index (χ1n) is 6.48. The number of benzene rings is 1. The molecular formula is C14H21NO3. The summed E-state index contributed by atoms with van der Waals surface area (Å²) in [6.45, 7) is 5.83. The number of ether oxygens (including phenoxy) is 2. The lowest BCUT2D eigenvalue weighted by Crippen LogP contribution is -2.27. The zero-order valence-electron chi connectivity index (χ0n) is 11.0. The molecule has 1 aromatic rings. The van der Waals surface area contributed by atoms with E-state index in [1.54, 1.807) is 6.92 Å². The zero-order valence-corrected chi connectivity index (χ0v) is 11.0. The summed E-state index contributed by atoms with van der Waals surface area (Å²) in [5.74, 6) is 1.63. The third-order valence-corrected chi connectivity index (χ3v) is 2.99. The van der Waals surface area contributed by atoms with E-state index in [0.29, 0.717) is 19.8 Å². The number of aliphatic hydroxyl groups is 1. The monoisotopic (exact) mass is 251 g/mol. The number of hydrogen-bond acceptors (Lipinski definition) is 4. The van der Waals surface area contributed by atoms with Crippen LogP contribution in [0.2, 0.25) is 0 Å². The molecule has 0 aromatic heterocycles. The Hall–Kier alpha value is -1.26. The molecule has 0 saturated carbocycles. The highest BCUT2D eigenvalue weighted by Gasteiger charge is 2.13. The Bertz CT molecular complexity index is 393. The van der Waals surface area contributed by atoms with Crippen molar-refractivity contribution in [3.8, 4) is 11.5 Å². The Morgan fingerprint density at radius 2 is 1.94 bits per heavy atom. The van der Waals surface area contributed by atoms with Crippen LogP contribution in [-0.4, -0.2) is 31.0 Å². The summed E-state index contributed by atoms with van der Waals surface area (Å²) >= 11 is 0. The Morgan fingerprint density at radius 1 is 1.22 bits per heavy atom. The minimum atomic E-state index is -0.340. The molecule has 4 heteroatoms. The molecule has 0 saturated heterocycles. The van der Waals surface area contributed by atoms with E-state index in [4.69, 9.17) is 9.47 Å². The molecular weight excluding hydrogens is 230 g/mol. The van der Waals surface area contributed by atoms with Gasteiger partial charge in [-0.3, -0.25) is 0 Å². The van der Waals surface area contributed by atoms with Crippen molar-refractivity contribution in [3.05, 3.63) is 23.8 Å². The molecule has 0 bridgehead atoms. The van der Waals surface area contributed by atoms with Crippen LogP contribution in [0.1, 0.15) is 31.9 Å². The third kappa shape index (κ3) is 3.37. The van der Waals surface area contributed by atoms with Crippen molar-refractivity contribution in [2.24, 2.45) is 0 Å². The van der Waals surface area contributed by atoms with E-state index in [-0.39, 0.29) is 12.1 Å². The fourth-order valence-corrected chi connectivity index (χ4v) is 1.91. The molecule has 0 aliphatic carbocycles. The van der Waals surface area contributed by atoms with Gasteiger partial charge in [-0.05, 0) is 31.5 Å². The second-order valence-electron chi connectivity index (χ2n) is 4.74. The standard InChI is InChI=1S/C14H21NO3/c1-10(16)9-15-11(2)12-4-5-13-14(8-12)18-7-3-6-17-13/h4-5,8,10-11,15-16H,3,6-7,9H2,1-2H3. The molecule has 2 rings (SSSR count). The number of aliphatic hydroxyl groups excluding tert-OH is 1. The van der Waals surface area contributed by atoms with E-state index < -0.39 is 0 Å². The summed E-state index contributed by atoms with van der Waals surface area (Å²) in [6.07, 6.45) is 0.577. The lowest BCUT2D eigenvalue weighted by Gasteiger charge is -2.17. The van der Waals surface area contributed by atoms with Crippen LogP contribution >= 0.6 is 0 Å². The van der Waals surface area contributed by atoms with Crippen LogP contribution in [0.15, 0.2) is 18.2 Å². The lowest BCUT2D eigenvalue weighted by atomic mass is 10.1. The number of nitrogens with one attached hydrogen (secondary N) is 1. The third-order valence-electron chi connectivity index (χ3n) is 2.99. The van der Waals surface area contributed by atoms with Crippen LogP contribution in [0.25, 0.3) is 0 Å². The fourth-order valence-electron chi connectivity index (χ4n) is 1.91. The second kappa shape index (κ2) is 6.07. The van der Waals surface area contributed by atoms with E-state index >= 15 is 0 Å². The second-order valence-corrected chi connectivity index (χ2v) is 4.74. The van der Waals surface area contributed by atoms with Gasteiger partial charge in [0.15, 0.2) is 11.5 Å². The summed E-state index contributed by atoms with van der Waals surface area (Å²) in [5.41, 5.74) is 1.14. The highest BCUT2D eigenvalue weighted by molar-refractivity contribution is 5.44. The van der Waals surface area contributed by atoms with Gasteiger partial charge in [0.1, 0.15) is 0 Å². The van der Waals surface area contributed by atoms with Gasteiger partial charge in [-0.15, -0.1) is 0 Å². The van der Waals surface area contributed by atoms with Gasteiger partial charge in [0.2, 0.25) is 0 Å². The smallest absolute Gasteiger partial charge is 0.161 e. The first kappa shape index (κ1) is 13.2. The molecule has 0 fully saturated rings. The highest BCUT2D eigenvalue weighted by Crippen LogP contribution is 2.32. The van der Waals surface area contributed by atoms with Gasteiger partial charge in [0.25, 0.3) is 0 Å². The van der Waals surface area contributed by atoms with Gasteiger partial charge in [-0.2, -0.15) is 0 Å². The lowest BCUT2D eigenvalue weighted by molar-refractivity contribution is 0.187. The van der Waals surface area contributed by atoms with Gasteiger partial charge < -0.3 is 19.9 Å². The van der Waals surface area contributed by atoms with Crippen molar-refractivity contribution in [2.75, 3.05) is 19.8 Å². The van der Waals surface area contributed by atoms with E-state index in [0.717, 1.165) is 23.5 Å². The average molecular weight is 251 g/mol. The first-order valence-corrected chi connectivity index (χ1v) is 6.48. The molecule has 2 N–H and O–H groups in total. The Kier molecular flexibility index (Phi) is 4.44. The molecule has 0 amide bonds. The molecule has 4 nitrogen and oxygen atoms in total. The largest absolute Gasteiger partial charge is 0.490 e. The van der Waals surface area contributed by atoms with Crippen molar-refractivity contribution in [2.45, 2.75) is 32.4 Å². The van der Waals surface area contributed by atoms with Gasteiger partial charge in [0, 0.05) is 19.0 Å². The SMILES string of the molecule is CC(O)CNC(C)c1ccc2c(c1)OCCCO2. The first-order chi connectivity index (χ1) is 8.66. The summed E-state index contributed by atoms with van der Waals surface area (Å²) in [6, 6.07) is 6.18. The maximum absolute atomic E-state index is 9.27. The van der Waals surface area contributed by atoms with Crippen LogP contribution in [0, 0.1) is 0 Å². The summed E-state index contributed by atoms with van der Waals surface area (Å²) in [4.78, 5) is 0. The zero-order chi connectivity index (χ0) is 13.0. The predicted molar refractivity (Wildman–Crippen MR) is 70.1 cm³/mol. The van der Waals surface area contributed by atoms with E-state index in [1.165, 1.54) is 0 Å². The topological polar surface area (TPSA) is 50.7 Å². The molecule has 1 aromatic carbocycles. The molecule has 100 valence electrons. The van der Waals surface area contributed by atoms with Crippen LogP contribution in [0.5, 0.6) is 11.5 Å². The molecule has 0 radical (unpaired) electrons. The summed E-state index contributed by atoms with van der Waals surface area (Å²) in [5, 5.41) is 12.5. The molecule has 1 aliphatic heterocycles. The molecule has 1 heterocycles. The maximum atomic E-state index is 9.27. The Morgan fingerprint density at radius 3 is 2.67 bits per heavy atom. The fraction of sp³-hybridized carbons (Fsp3) is 0.571. The van der Waals surface area contributed by atoms with E-state index in [9.17, 15) is 5.11 Å². The number of fused-ring (bicyclic) bond motifs is 1. The number of hydrogen-bond donors (Lipinski definition) is 2. The van der Waals surface area contributed by atoms with Crippen LogP contribution < -0.4 is 14.8 Å². The van der Waals surface area contributed by atoms with Gasteiger partial charge in [0.05, 0.1) is 19.3 Å². The maximum Gasteiger partial charge on any atom is 0.161 e. The highest BCUT2D eigenvalue weighted by atomic mass is 16.5. The van der Waals surface area contributed by atoms with Crippen molar-refractivity contribution >= 4 is 0 Å². The Balaban J connectivity index is 2.07. The van der Waals surface area contributed by atoms with Crippen molar-refractivity contribution < 1.29 is 14.6 Å². The van der Waals surface area contributed by atoms with E-state index in [2.05, 4.69) is 12.2 Å². The van der Waals surface area contributed by atoms with Crippen molar-refractivity contribution in [1.82, 2.24) is 5.32 Å². The minimum Gasteiger partial charge on any atom is -0.490 e. The minimum absolute atomic E-state index is 0.178. The van der Waals surface area contributed by atoms with Crippen LogP contribution in [-0.2, 0) is 0 Å². The van der Waals surface area contributed by atoms with Crippen molar-refractivity contribution in [3.63, 3.8) is 0 Å². The molecule has 2 atom stereocenters. The van der Waals surface area contributed by atoms with Crippen LogP contribution in [0.3, 0.4) is 0 Å². The summed E-state index contributed by atoms with van der Waals surface area (Å²) < 4.78 is 11.3. The predicted octanol–water partition coefficient (Wildman–Crippen LogP) is 1.88. The van der Waals surface area contributed by atoms with Gasteiger partial charge in [-0.1, -0.05) is 6.07 Å². The van der Waals surface area contributed by atoms with Crippen molar-refractivity contribution in [1.29, 1.82) is 0 Å². The van der Waals surface area contributed by atoms with Gasteiger partial charge >= 0.3 is 0 Å². The van der Waals surface area contributed by atoms with Gasteiger partial charge in [-0.25, -0.2) is 0 Å². The quantitative estimate of drug-likeness (QED) is 0.858. The Labute approximate surface area is 108 Å². The van der Waals surface area contributed by atoms with E-state index in [1.807, 2.05) is 18.2 Å². The van der Waals surface area contributed by atoms with Crippen LogP contribution in [0.4, 0.5) is 0 Å².